The van der Waals surface area contributed by atoms with Gasteiger partial charge in [0.2, 0.25) is 6.29 Å². The smallest absolute Gasteiger partial charge is 0.416 e. The lowest BCUT2D eigenvalue weighted by Gasteiger charge is -2.17. The minimum Gasteiger partial charge on any atom is -0.468 e. The molecule has 7 heteroatoms. The molecule has 2 atom stereocenters. The third-order valence-corrected chi connectivity index (χ3v) is 4.27. The molecule has 1 aromatic carbocycles. The van der Waals surface area contributed by atoms with Crippen molar-refractivity contribution in [3.05, 3.63) is 58.4 Å². The van der Waals surface area contributed by atoms with E-state index < -0.39 is 29.9 Å². The third kappa shape index (κ3) is 5.13. The number of carbonyl (C=O) groups is 1. The van der Waals surface area contributed by atoms with E-state index in [4.69, 9.17) is 9.47 Å². The summed E-state index contributed by atoms with van der Waals surface area (Å²) in [5.74, 6) is -1.25. The van der Waals surface area contributed by atoms with Gasteiger partial charge in [0.15, 0.2) is 0 Å². The van der Waals surface area contributed by atoms with E-state index in [0.29, 0.717) is 12.0 Å². The van der Waals surface area contributed by atoms with Crippen molar-refractivity contribution >= 4 is 5.97 Å². The monoisotopic (exact) mass is 384 g/mol. The molecule has 0 amide bonds. The van der Waals surface area contributed by atoms with Crippen LogP contribution in [0.2, 0.25) is 0 Å². The number of aliphatic hydroxyl groups excluding tert-OH is 1. The maximum Gasteiger partial charge on any atom is 0.416 e. The average molecular weight is 384 g/mol. The van der Waals surface area contributed by atoms with Gasteiger partial charge in [-0.05, 0) is 56.9 Å². The molecule has 1 aromatic rings. The fourth-order valence-electron chi connectivity index (χ4n) is 3.20. The standard InChI is InChI=1S/C20H23F3O4/c1-4-26-19(25)16(11-27-18(24)10-12(2)3)14-8-9-15-13(14)6-5-7-17(15)20(21,22)23/h5-7,10-11,14,18,24H,4,8-9H2,1-3H3/b16-11+. The lowest BCUT2D eigenvalue weighted by molar-refractivity contribution is -0.139. The molecule has 1 aliphatic carbocycles. The summed E-state index contributed by atoms with van der Waals surface area (Å²) in [5.41, 5.74) is 0.849. The molecule has 0 saturated carbocycles. The molecule has 0 spiro atoms. The Morgan fingerprint density at radius 3 is 2.67 bits per heavy atom. The van der Waals surface area contributed by atoms with Gasteiger partial charge in [-0.2, -0.15) is 13.2 Å². The summed E-state index contributed by atoms with van der Waals surface area (Å²) >= 11 is 0. The van der Waals surface area contributed by atoms with E-state index in [2.05, 4.69) is 0 Å². The van der Waals surface area contributed by atoms with E-state index in [1.807, 2.05) is 0 Å². The molecule has 27 heavy (non-hydrogen) atoms. The number of esters is 1. The first-order chi connectivity index (χ1) is 12.6. The zero-order chi connectivity index (χ0) is 20.2. The highest BCUT2D eigenvalue weighted by molar-refractivity contribution is 5.90. The Balaban J connectivity index is 2.40. The predicted molar refractivity (Wildman–Crippen MR) is 93.7 cm³/mol. The van der Waals surface area contributed by atoms with Crippen molar-refractivity contribution in [3.63, 3.8) is 0 Å². The molecule has 0 aromatic heterocycles. The highest BCUT2D eigenvalue weighted by atomic mass is 19.4. The van der Waals surface area contributed by atoms with Crippen LogP contribution in [0.3, 0.4) is 0 Å². The fourth-order valence-corrected chi connectivity index (χ4v) is 3.20. The van der Waals surface area contributed by atoms with Gasteiger partial charge in [-0.1, -0.05) is 17.7 Å². The molecule has 0 saturated heterocycles. The first-order valence-electron chi connectivity index (χ1n) is 8.69. The first-order valence-corrected chi connectivity index (χ1v) is 8.69. The molecule has 1 N–H and O–H groups in total. The van der Waals surface area contributed by atoms with Crippen molar-refractivity contribution in [1.82, 2.24) is 0 Å². The third-order valence-electron chi connectivity index (χ3n) is 4.27. The van der Waals surface area contributed by atoms with E-state index in [9.17, 15) is 23.1 Å². The molecule has 148 valence electrons. The Labute approximate surface area is 156 Å². The second-order valence-corrected chi connectivity index (χ2v) is 6.53. The van der Waals surface area contributed by atoms with Crippen LogP contribution in [0.1, 0.15) is 49.8 Å². The number of fused-ring (bicyclic) bond motifs is 1. The zero-order valence-electron chi connectivity index (χ0n) is 15.5. The van der Waals surface area contributed by atoms with Crippen LogP contribution >= 0.6 is 0 Å². The molecule has 0 bridgehead atoms. The topological polar surface area (TPSA) is 55.8 Å². The molecule has 4 nitrogen and oxygen atoms in total. The Hall–Kier alpha value is -2.28. The van der Waals surface area contributed by atoms with Gasteiger partial charge in [-0.15, -0.1) is 0 Å². The summed E-state index contributed by atoms with van der Waals surface area (Å²) in [4.78, 5) is 12.4. The lowest BCUT2D eigenvalue weighted by Crippen LogP contribution is -2.16. The van der Waals surface area contributed by atoms with Gasteiger partial charge in [0.1, 0.15) is 0 Å². The largest absolute Gasteiger partial charge is 0.468 e. The second-order valence-electron chi connectivity index (χ2n) is 6.53. The Bertz CT molecular complexity index is 746. The van der Waals surface area contributed by atoms with Crippen LogP contribution < -0.4 is 0 Å². The number of carbonyl (C=O) groups excluding carboxylic acids is 1. The number of aliphatic hydroxyl groups is 1. The Kier molecular flexibility index (Phi) is 6.70. The molecule has 0 radical (unpaired) electrons. The highest BCUT2D eigenvalue weighted by Gasteiger charge is 2.39. The average Bonchev–Trinajstić information content (AvgIpc) is 2.97. The summed E-state index contributed by atoms with van der Waals surface area (Å²) in [7, 11) is 0. The molecule has 0 heterocycles. The van der Waals surface area contributed by atoms with E-state index in [-0.39, 0.29) is 24.2 Å². The highest BCUT2D eigenvalue weighted by Crippen LogP contribution is 2.44. The fraction of sp³-hybridized carbons (Fsp3) is 0.450. The maximum absolute atomic E-state index is 13.3. The molecular weight excluding hydrogens is 361 g/mol. The number of ether oxygens (including phenoxy) is 2. The van der Waals surface area contributed by atoms with E-state index in [0.717, 1.165) is 17.9 Å². The summed E-state index contributed by atoms with van der Waals surface area (Å²) in [6.07, 6.45) is -2.64. The van der Waals surface area contributed by atoms with Gasteiger partial charge in [-0.25, -0.2) is 4.79 Å². The SMILES string of the molecule is CCOC(=O)/C(=C/OC(O)C=C(C)C)C1CCc2c1cccc2C(F)(F)F. The Morgan fingerprint density at radius 2 is 2.07 bits per heavy atom. The van der Waals surface area contributed by atoms with Crippen LogP contribution in [0.5, 0.6) is 0 Å². The van der Waals surface area contributed by atoms with Crippen molar-refractivity contribution in [2.24, 2.45) is 0 Å². The Morgan fingerprint density at radius 1 is 1.37 bits per heavy atom. The van der Waals surface area contributed by atoms with Gasteiger partial charge >= 0.3 is 12.1 Å². The van der Waals surface area contributed by atoms with Crippen molar-refractivity contribution in [2.75, 3.05) is 6.61 Å². The van der Waals surface area contributed by atoms with Crippen LogP contribution in [0.4, 0.5) is 13.2 Å². The maximum atomic E-state index is 13.3. The summed E-state index contributed by atoms with van der Waals surface area (Å²) in [5, 5.41) is 9.82. The second kappa shape index (κ2) is 8.61. The number of rotatable bonds is 6. The molecular formula is C20H23F3O4. The van der Waals surface area contributed by atoms with E-state index in [1.54, 1.807) is 26.8 Å². The molecule has 0 aliphatic heterocycles. The van der Waals surface area contributed by atoms with Crippen molar-refractivity contribution in [1.29, 1.82) is 0 Å². The number of benzene rings is 1. The zero-order valence-corrected chi connectivity index (χ0v) is 15.5. The van der Waals surface area contributed by atoms with Crippen LogP contribution in [-0.4, -0.2) is 24.0 Å². The van der Waals surface area contributed by atoms with Gasteiger partial charge < -0.3 is 14.6 Å². The van der Waals surface area contributed by atoms with Crippen LogP contribution in [0.25, 0.3) is 0 Å². The number of hydrogen-bond donors (Lipinski definition) is 1. The van der Waals surface area contributed by atoms with Crippen LogP contribution in [0, 0.1) is 0 Å². The quantitative estimate of drug-likeness (QED) is 0.258. The van der Waals surface area contributed by atoms with E-state index >= 15 is 0 Å². The molecule has 2 unspecified atom stereocenters. The van der Waals surface area contributed by atoms with Gasteiger partial charge in [0.25, 0.3) is 0 Å². The van der Waals surface area contributed by atoms with E-state index in [1.165, 1.54) is 12.1 Å². The van der Waals surface area contributed by atoms with Crippen molar-refractivity contribution < 1.29 is 32.5 Å². The summed E-state index contributed by atoms with van der Waals surface area (Å²) in [6, 6.07) is 3.97. The normalized spacial score (nSPS) is 17.9. The predicted octanol–water partition coefficient (Wildman–Crippen LogP) is 4.48. The van der Waals surface area contributed by atoms with Crippen LogP contribution in [0.15, 0.2) is 41.7 Å². The lowest BCUT2D eigenvalue weighted by atomic mass is 9.92. The number of allylic oxidation sites excluding steroid dienone is 1. The van der Waals surface area contributed by atoms with Crippen LogP contribution in [-0.2, 0) is 26.9 Å². The summed E-state index contributed by atoms with van der Waals surface area (Å²) < 4.78 is 50.0. The minimum absolute atomic E-state index is 0.0936. The molecule has 1 aliphatic rings. The number of hydrogen-bond acceptors (Lipinski definition) is 4. The summed E-state index contributed by atoms with van der Waals surface area (Å²) in [6.45, 7) is 5.30. The van der Waals surface area contributed by atoms with Crippen molar-refractivity contribution in [3.8, 4) is 0 Å². The van der Waals surface area contributed by atoms with Gasteiger partial charge in [0, 0.05) is 5.92 Å². The number of alkyl halides is 3. The number of halogens is 3. The minimum atomic E-state index is -4.45. The van der Waals surface area contributed by atoms with Crippen molar-refractivity contribution in [2.45, 2.75) is 52.0 Å². The molecule has 2 rings (SSSR count). The first kappa shape index (κ1) is 21.0. The van der Waals surface area contributed by atoms with Gasteiger partial charge in [0.05, 0.1) is 24.0 Å². The molecule has 0 fully saturated rings. The van der Waals surface area contributed by atoms with Gasteiger partial charge in [-0.3, -0.25) is 0 Å².